The summed E-state index contributed by atoms with van der Waals surface area (Å²) in [6, 6.07) is 7.91. The van der Waals surface area contributed by atoms with Crippen molar-refractivity contribution in [2.45, 2.75) is 6.92 Å². The molecular formula is C11H10BrN3S. The third-order valence-corrected chi connectivity index (χ3v) is 3.48. The summed E-state index contributed by atoms with van der Waals surface area (Å²) in [7, 11) is 0. The lowest BCUT2D eigenvalue weighted by Gasteiger charge is -1.96. The molecule has 1 N–H and O–H groups in total. The maximum atomic E-state index is 4.25. The van der Waals surface area contributed by atoms with Gasteiger partial charge in [-0.3, -0.25) is 5.43 Å². The molecule has 0 saturated heterocycles. The molecule has 0 aliphatic rings. The number of anilines is 1. The van der Waals surface area contributed by atoms with E-state index in [1.54, 1.807) is 17.6 Å². The largest absolute Gasteiger partial charge is 0.253 e. The van der Waals surface area contributed by atoms with Gasteiger partial charge in [0.15, 0.2) is 0 Å². The monoisotopic (exact) mass is 295 g/mol. The average molecular weight is 296 g/mol. The van der Waals surface area contributed by atoms with Gasteiger partial charge in [-0.2, -0.15) is 5.10 Å². The quantitative estimate of drug-likeness (QED) is 0.693. The summed E-state index contributed by atoms with van der Waals surface area (Å²) < 4.78 is 1.02. The smallest absolute Gasteiger partial charge is 0.203 e. The second-order valence-electron chi connectivity index (χ2n) is 3.19. The summed E-state index contributed by atoms with van der Waals surface area (Å²) >= 11 is 5.00. The number of halogens is 1. The first-order valence-corrected chi connectivity index (χ1v) is 6.39. The zero-order valence-corrected chi connectivity index (χ0v) is 11.0. The van der Waals surface area contributed by atoms with E-state index in [0.717, 1.165) is 20.9 Å². The van der Waals surface area contributed by atoms with Crippen LogP contribution < -0.4 is 5.43 Å². The molecule has 0 radical (unpaired) electrons. The van der Waals surface area contributed by atoms with Crippen molar-refractivity contribution in [1.82, 2.24) is 4.98 Å². The number of nitrogens with one attached hydrogen (secondary N) is 1. The molecule has 2 aromatic rings. The highest BCUT2D eigenvalue weighted by molar-refractivity contribution is 9.10. The van der Waals surface area contributed by atoms with Gasteiger partial charge in [0.25, 0.3) is 0 Å². The van der Waals surface area contributed by atoms with E-state index in [-0.39, 0.29) is 0 Å². The van der Waals surface area contributed by atoms with Gasteiger partial charge in [0, 0.05) is 15.4 Å². The van der Waals surface area contributed by atoms with E-state index in [2.05, 4.69) is 31.4 Å². The van der Waals surface area contributed by atoms with Crippen molar-refractivity contribution in [3.63, 3.8) is 0 Å². The van der Waals surface area contributed by atoms with Crippen LogP contribution in [0.15, 0.2) is 39.2 Å². The minimum atomic E-state index is 0.806. The highest BCUT2D eigenvalue weighted by Crippen LogP contribution is 2.15. The number of nitrogens with zero attached hydrogens (tertiary/aromatic N) is 2. The topological polar surface area (TPSA) is 37.3 Å². The van der Waals surface area contributed by atoms with Gasteiger partial charge in [0.05, 0.1) is 11.9 Å². The SMILES string of the molecule is Cc1csc(N/N=C/c2ccccc2Br)n1. The molecule has 16 heavy (non-hydrogen) atoms. The van der Waals surface area contributed by atoms with Crippen molar-refractivity contribution in [2.24, 2.45) is 5.10 Å². The van der Waals surface area contributed by atoms with Crippen LogP contribution in [0, 0.1) is 6.92 Å². The number of hydrogen-bond acceptors (Lipinski definition) is 4. The van der Waals surface area contributed by atoms with Gasteiger partial charge in [0.2, 0.25) is 5.13 Å². The molecule has 0 aliphatic heterocycles. The Morgan fingerprint density at radius 1 is 1.44 bits per heavy atom. The van der Waals surface area contributed by atoms with Crippen molar-refractivity contribution in [3.05, 3.63) is 45.4 Å². The zero-order valence-electron chi connectivity index (χ0n) is 8.64. The Kier molecular flexibility index (Phi) is 3.69. The highest BCUT2D eigenvalue weighted by atomic mass is 79.9. The van der Waals surface area contributed by atoms with Gasteiger partial charge in [0.1, 0.15) is 0 Å². The lowest BCUT2D eigenvalue weighted by Crippen LogP contribution is -1.90. The number of thiazole rings is 1. The van der Waals surface area contributed by atoms with Crippen molar-refractivity contribution >= 4 is 38.6 Å². The van der Waals surface area contributed by atoms with Crippen molar-refractivity contribution < 1.29 is 0 Å². The van der Waals surface area contributed by atoms with Crippen LogP contribution in [-0.2, 0) is 0 Å². The van der Waals surface area contributed by atoms with E-state index in [1.807, 2.05) is 36.6 Å². The molecule has 5 heteroatoms. The normalized spacial score (nSPS) is 10.9. The van der Waals surface area contributed by atoms with Crippen LogP contribution in [0.3, 0.4) is 0 Å². The lowest BCUT2D eigenvalue weighted by atomic mass is 10.2. The average Bonchev–Trinajstić information content (AvgIpc) is 2.67. The van der Waals surface area contributed by atoms with Crippen LogP contribution in [0.2, 0.25) is 0 Å². The predicted molar refractivity (Wildman–Crippen MR) is 72.2 cm³/mol. The molecule has 0 amide bonds. The third kappa shape index (κ3) is 2.90. The Labute approximate surface area is 106 Å². The van der Waals surface area contributed by atoms with Crippen LogP contribution in [-0.4, -0.2) is 11.2 Å². The first-order chi connectivity index (χ1) is 7.75. The molecule has 0 atom stereocenters. The summed E-state index contributed by atoms with van der Waals surface area (Å²) in [4.78, 5) is 4.25. The molecule has 82 valence electrons. The van der Waals surface area contributed by atoms with Gasteiger partial charge in [-0.25, -0.2) is 4.98 Å². The van der Waals surface area contributed by atoms with E-state index >= 15 is 0 Å². The molecule has 0 unspecified atom stereocenters. The molecule has 1 aromatic heterocycles. The predicted octanol–water partition coefficient (Wildman–Crippen LogP) is 3.66. The Balaban J connectivity index is 2.03. The molecule has 0 bridgehead atoms. The molecule has 1 heterocycles. The van der Waals surface area contributed by atoms with Crippen LogP contribution in [0.25, 0.3) is 0 Å². The number of aryl methyl sites for hydroxylation is 1. The van der Waals surface area contributed by atoms with Crippen LogP contribution in [0.4, 0.5) is 5.13 Å². The fourth-order valence-corrected chi connectivity index (χ4v) is 2.17. The second-order valence-corrected chi connectivity index (χ2v) is 4.90. The Morgan fingerprint density at radius 2 is 2.25 bits per heavy atom. The molecule has 0 spiro atoms. The maximum Gasteiger partial charge on any atom is 0.203 e. The standard InChI is InChI=1S/C11H10BrN3S/c1-8-7-16-11(14-8)15-13-6-9-4-2-3-5-10(9)12/h2-7H,1H3,(H,14,15)/b13-6+. The minimum Gasteiger partial charge on any atom is -0.253 e. The Bertz CT molecular complexity index is 507. The van der Waals surface area contributed by atoms with Gasteiger partial charge in [-0.15, -0.1) is 11.3 Å². The van der Waals surface area contributed by atoms with E-state index in [1.165, 1.54) is 0 Å². The fraction of sp³-hybridized carbons (Fsp3) is 0.0909. The maximum absolute atomic E-state index is 4.25. The molecule has 0 aliphatic carbocycles. The first kappa shape index (κ1) is 11.3. The number of aromatic nitrogens is 1. The summed E-state index contributed by atoms with van der Waals surface area (Å²) in [6.45, 7) is 1.96. The summed E-state index contributed by atoms with van der Waals surface area (Å²) in [5.41, 5.74) is 4.93. The lowest BCUT2D eigenvalue weighted by molar-refractivity contribution is 1.22. The van der Waals surface area contributed by atoms with Gasteiger partial charge >= 0.3 is 0 Å². The van der Waals surface area contributed by atoms with Gasteiger partial charge in [-0.05, 0) is 13.0 Å². The van der Waals surface area contributed by atoms with E-state index in [9.17, 15) is 0 Å². The summed E-state index contributed by atoms with van der Waals surface area (Å²) in [5.74, 6) is 0. The summed E-state index contributed by atoms with van der Waals surface area (Å²) in [6.07, 6.45) is 1.76. The van der Waals surface area contributed by atoms with Crippen molar-refractivity contribution in [3.8, 4) is 0 Å². The number of hydrazone groups is 1. The number of rotatable bonds is 3. The van der Waals surface area contributed by atoms with Crippen molar-refractivity contribution in [1.29, 1.82) is 0 Å². The van der Waals surface area contributed by atoms with Crippen molar-refractivity contribution in [2.75, 3.05) is 5.43 Å². The Morgan fingerprint density at radius 3 is 2.94 bits per heavy atom. The van der Waals surface area contributed by atoms with Crippen LogP contribution >= 0.6 is 27.3 Å². The molecular weight excluding hydrogens is 286 g/mol. The highest BCUT2D eigenvalue weighted by Gasteiger charge is 1.96. The number of benzene rings is 1. The van der Waals surface area contributed by atoms with Crippen LogP contribution in [0.5, 0.6) is 0 Å². The fourth-order valence-electron chi connectivity index (χ4n) is 1.14. The second kappa shape index (κ2) is 5.23. The minimum absolute atomic E-state index is 0.806. The molecule has 2 rings (SSSR count). The Hall–Kier alpha value is -1.20. The van der Waals surface area contributed by atoms with E-state index in [0.29, 0.717) is 0 Å². The van der Waals surface area contributed by atoms with Gasteiger partial charge < -0.3 is 0 Å². The first-order valence-electron chi connectivity index (χ1n) is 4.71. The van der Waals surface area contributed by atoms with E-state index < -0.39 is 0 Å². The van der Waals surface area contributed by atoms with Crippen LogP contribution in [0.1, 0.15) is 11.3 Å². The molecule has 0 fully saturated rings. The molecule has 3 nitrogen and oxygen atoms in total. The van der Waals surface area contributed by atoms with Gasteiger partial charge in [-0.1, -0.05) is 34.1 Å². The molecule has 1 aromatic carbocycles. The summed E-state index contributed by atoms with van der Waals surface area (Å²) in [5, 5.41) is 6.92. The zero-order chi connectivity index (χ0) is 11.4. The number of hydrogen-bond donors (Lipinski definition) is 1. The van der Waals surface area contributed by atoms with E-state index in [4.69, 9.17) is 0 Å². The third-order valence-electron chi connectivity index (χ3n) is 1.89. The molecule has 0 saturated carbocycles.